The molecular formula is C21H22ClN5O. The summed E-state index contributed by atoms with van der Waals surface area (Å²) >= 11 is 6.46. The van der Waals surface area contributed by atoms with Crippen LogP contribution in [0, 0.1) is 6.92 Å². The SMILES string of the molecule is Cc1nn(-c2ccccc2)c(Cl)c1C(=O)NCc1ccc(N2CCCC2)nc1. The van der Waals surface area contributed by atoms with E-state index in [1.54, 1.807) is 11.6 Å². The monoisotopic (exact) mass is 395 g/mol. The van der Waals surface area contributed by atoms with E-state index in [1.807, 2.05) is 48.7 Å². The fourth-order valence-electron chi connectivity index (χ4n) is 3.42. The van der Waals surface area contributed by atoms with Crippen molar-refractivity contribution >= 4 is 23.3 Å². The van der Waals surface area contributed by atoms with Gasteiger partial charge in [-0.05, 0) is 43.5 Å². The van der Waals surface area contributed by atoms with Gasteiger partial charge in [-0.15, -0.1) is 0 Å². The summed E-state index contributed by atoms with van der Waals surface area (Å²) < 4.78 is 1.58. The van der Waals surface area contributed by atoms with Crippen molar-refractivity contribution in [2.24, 2.45) is 0 Å². The van der Waals surface area contributed by atoms with Crippen molar-refractivity contribution in [1.29, 1.82) is 0 Å². The number of carbonyl (C=O) groups is 1. The molecule has 144 valence electrons. The molecule has 2 aromatic heterocycles. The molecule has 0 saturated carbocycles. The van der Waals surface area contributed by atoms with Gasteiger partial charge in [-0.2, -0.15) is 5.10 Å². The Labute approximate surface area is 169 Å². The van der Waals surface area contributed by atoms with E-state index in [4.69, 9.17) is 11.6 Å². The first-order valence-corrected chi connectivity index (χ1v) is 9.80. The first-order valence-electron chi connectivity index (χ1n) is 9.42. The second-order valence-electron chi connectivity index (χ2n) is 6.90. The van der Waals surface area contributed by atoms with Crippen molar-refractivity contribution in [3.63, 3.8) is 0 Å². The maximum absolute atomic E-state index is 12.7. The van der Waals surface area contributed by atoms with Gasteiger partial charge >= 0.3 is 0 Å². The topological polar surface area (TPSA) is 63.1 Å². The zero-order chi connectivity index (χ0) is 19.5. The molecule has 1 aromatic carbocycles. The Morgan fingerprint density at radius 1 is 1.14 bits per heavy atom. The van der Waals surface area contributed by atoms with E-state index >= 15 is 0 Å². The molecular weight excluding hydrogens is 374 g/mol. The van der Waals surface area contributed by atoms with Crippen molar-refractivity contribution in [3.8, 4) is 5.69 Å². The van der Waals surface area contributed by atoms with Crippen LogP contribution in [0.25, 0.3) is 5.69 Å². The van der Waals surface area contributed by atoms with E-state index in [-0.39, 0.29) is 5.91 Å². The van der Waals surface area contributed by atoms with Crippen molar-refractivity contribution in [1.82, 2.24) is 20.1 Å². The minimum Gasteiger partial charge on any atom is -0.357 e. The lowest BCUT2D eigenvalue weighted by Crippen LogP contribution is -2.24. The Morgan fingerprint density at radius 3 is 2.57 bits per heavy atom. The minimum atomic E-state index is -0.242. The van der Waals surface area contributed by atoms with Crippen LogP contribution in [0.1, 0.15) is 34.5 Å². The number of nitrogens with zero attached hydrogens (tertiary/aromatic N) is 4. The summed E-state index contributed by atoms with van der Waals surface area (Å²) in [6.07, 6.45) is 4.25. The number of pyridine rings is 1. The number of anilines is 1. The van der Waals surface area contributed by atoms with Gasteiger partial charge in [0, 0.05) is 25.8 Å². The predicted molar refractivity (Wildman–Crippen MR) is 110 cm³/mol. The number of amides is 1. The average Bonchev–Trinajstić information content (AvgIpc) is 3.35. The number of aromatic nitrogens is 3. The largest absolute Gasteiger partial charge is 0.357 e. The van der Waals surface area contributed by atoms with Crippen molar-refractivity contribution in [2.75, 3.05) is 18.0 Å². The molecule has 28 heavy (non-hydrogen) atoms. The van der Waals surface area contributed by atoms with Gasteiger partial charge in [-0.1, -0.05) is 35.9 Å². The van der Waals surface area contributed by atoms with Crippen LogP contribution in [0.4, 0.5) is 5.82 Å². The average molecular weight is 396 g/mol. The van der Waals surface area contributed by atoms with E-state index in [2.05, 4.69) is 20.3 Å². The molecule has 0 bridgehead atoms. The third kappa shape index (κ3) is 3.73. The number of hydrogen-bond donors (Lipinski definition) is 1. The number of carbonyl (C=O) groups excluding carboxylic acids is 1. The van der Waals surface area contributed by atoms with Crippen LogP contribution in [0.2, 0.25) is 5.15 Å². The lowest BCUT2D eigenvalue weighted by molar-refractivity contribution is 0.0950. The maximum Gasteiger partial charge on any atom is 0.256 e. The van der Waals surface area contributed by atoms with E-state index in [9.17, 15) is 4.79 Å². The van der Waals surface area contributed by atoms with Gasteiger partial charge in [0.2, 0.25) is 0 Å². The number of nitrogens with one attached hydrogen (secondary N) is 1. The Kier molecular flexibility index (Phi) is 5.30. The van der Waals surface area contributed by atoms with Gasteiger partial charge in [0.05, 0.1) is 16.9 Å². The Morgan fingerprint density at radius 2 is 1.89 bits per heavy atom. The van der Waals surface area contributed by atoms with E-state index < -0.39 is 0 Å². The molecule has 1 aliphatic heterocycles. The second-order valence-corrected chi connectivity index (χ2v) is 7.26. The highest BCUT2D eigenvalue weighted by Crippen LogP contribution is 2.23. The summed E-state index contributed by atoms with van der Waals surface area (Å²) in [6, 6.07) is 13.5. The van der Waals surface area contributed by atoms with Crippen molar-refractivity contribution < 1.29 is 4.79 Å². The summed E-state index contributed by atoms with van der Waals surface area (Å²) in [5.74, 6) is 0.754. The Hall–Kier alpha value is -2.86. The quantitative estimate of drug-likeness (QED) is 0.714. The highest BCUT2D eigenvalue weighted by atomic mass is 35.5. The van der Waals surface area contributed by atoms with Crippen molar-refractivity contribution in [2.45, 2.75) is 26.3 Å². The lowest BCUT2D eigenvalue weighted by Gasteiger charge is -2.16. The molecule has 1 amide bonds. The van der Waals surface area contributed by atoms with Crippen LogP contribution in [-0.4, -0.2) is 33.8 Å². The molecule has 1 aliphatic rings. The fourth-order valence-corrected chi connectivity index (χ4v) is 3.78. The number of benzene rings is 1. The highest BCUT2D eigenvalue weighted by Gasteiger charge is 2.21. The summed E-state index contributed by atoms with van der Waals surface area (Å²) in [4.78, 5) is 19.5. The number of rotatable bonds is 5. The molecule has 0 spiro atoms. The molecule has 0 atom stereocenters. The van der Waals surface area contributed by atoms with Crippen LogP contribution in [0.3, 0.4) is 0 Å². The predicted octanol–water partition coefficient (Wildman–Crippen LogP) is 3.76. The number of para-hydroxylation sites is 1. The number of aryl methyl sites for hydroxylation is 1. The zero-order valence-electron chi connectivity index (χ0n) is 15.7. The van der Waals surface area contributed by atoms with Crippen LogP contribution < -0.4 is 10.2 Å². The fraction of sp³-hybridized carbons (Fsp3) is 0.286. The third-order valence-corrected chi connectivity index (χ3v) is 5.27. The lowest BCUT2D eigenvalue weighted by atomic mass is 10.2. The van der Waals surface area contributed by atoms with E-state index in [0.717, 1.165) is 30.2 Å². The highest BCUT2D eigenvalue weighted by molar-refractivity contribution is 6.33. The van der Waals surface area contributed by atoms with E-state index in [1.165, 1.54) is 12.8 Å². The van der Waals surface area contributed by atoms with Crippen molar-refractivity contribution in [3.05, 3.63) is 70.6 Å². The van der Waals surface area contributed by atoms with Gasteiger partial charge < -0.3 is 10.2 Å². The Bertz CT molecular complexity index is 962. The normalized spacial score (nSPS) is 13.7. The summed E-state index contributed by atoms with van der Waals surface area (Å²) in [6.45, 7) is 4.30. The molecule has 7 heteroatoms. The van der Waals surface area contributed by atoms with Gasteiger partial charge in [0.15, 0.2) is 0 Å². The summed E-state index contributed by atoms with van der Waals surface area (Å²) in [7, 11) is 0. The molecule has 0 radical (unpaired) electrons. The second kappa shape index (κ2) is 8.02. The first-order chi connectivity index (χ1) is 13.6. The molecule has 6 nitrogen and oxygen atoms in total. The number of hydrogen-bond acceptors (Lipinski definition) is 4. The smallest absolute Gasteiger partial charge is 0.256 e. The molecule has 0 aliphatic carbocycles. The van der Waals surface area contributed by atoms with Crippen LogP contribution in [0.15, 0.2) is 48.7 Å². The van der Waals surface area contributed by atoms with Gasteiger partial charge in [-0.3, -0.25) is 4.79 Å². The maximum atomic E-state index is 12.7. The molecule has 1 N–H and O–H groups in total. The first kappa shape index (κ1) is 18.5. The van der Waals surface area contributed by atoms with E-state index in [0.29, 0.717) is 23.0 Å². The van der Waals surface area contributed by atoms with Crippen LogP contribution in [0.5, 0.6) is 0 Å². The molecule has 4 rings (SSSR count). The van der Waals surface area contributed by atoms with Gasteiger partial charge in [0.1, 0.15) is 11.0 Å². The molecule has 1 fully saturated rings. The molecule has 1 saturated heterocycles. The van der Waals surface area contributed by atoms with Crippen LogP contribution in [-0.2, 0) is 6.54 Å². The summed E-state index contributed by atoms with van der Waals surface area (Å²) in [5, 5.41) is 7.65. The zero-order valence-corrected chi connectivity index (χ0v) is 16.5. The standard InChI is InChI=1S/C21H22ClN5O/c1-15-19(20(22)27(25-15)17-7-3-2-4-8-17)21(28)24-14-16-9-10-18(23-13-16)26-11-5-6-12-26/h2-4,7-10,13H,5-6,11-12,14H2,1H3,(H,24,28). The minimum absolute atomic E-state index is 0.242. The molecule has 0 unspecified atom stereocenters. The number of halogens is 1. The van der Waals surface area contributed by atoms with Crippen LogP contribution >= 0.6 is 11.6 Å². The Balaban J connectivity index is 1.45. The molecule has 3 aromatic rings. The third-order valence-electron chi connectivity index (χ3n) is 4.92. The van der Waals surface area contributed by atoms with Gasteiger partial charge in [-0.25, -0.2) is 9.67 Å². The molecule has 3 heterocycles. The van der Waals surface area contributed by atoms with Gasteiger partial charge in [0.25, 0.3) is 5.91 Å². The summed E-state index contributed by atoms with van der Waals surface area (Å²) in [5.41, 5.74) is 2.75.